The van der Waals surface area contributed by atoms with Crippen LogP contribution in [-0.2, 0) is 0 Å². The van der Waals surface area contributed by atoms with Crippen molar-refractivity contribution < 1.29 is 4.74 Å². The summed E-state index contributed by atoms with van der Waals surface area (Å²) in [6.45, 7) is 9.96. The Hall–Kier alpha value is -3.84. The number of nitrogens with one attached hydrogen (secondary N) is 1. The molecule has 7 rings (SSSR count). The Labute approximate surface area is 278 Å². The Balaban J connectivity index is 0.925. The molecule has 1 aromatic heterocycles. The van der Waals surface area contributed by atoms with Crippen LogP contribution in [0, 0.1) is 5.92 Å². The molecule has 6 nitrogen and oxygen atoms in total. The fourth-order valence-electron chi connectivity index (χ4n) is 7.33. The Kier molecular flexibility index (Phi) is 9.29. The molecule has 3 unspecified atom stereocenters. The number of rotatable bonds is 10. The summed E-state index contributed by atoms with van der Waals surface area (Å²) < 4.78 is 5.54. The largest absolute Gasteiger partial charge is 0.497 e. The molecule has 2 aliphatic heterocycles. The average molecular weight is 634 g/mol. The summed E-state index contributed by atoms with van der Waals surface area (Å²) >= 11 is 6.33. The number of hydrogen-bond donors (Lipinski definition) is 1. The maximum atomic E-state index is 6.33. The molecule has 0 amide bonds. The number of hydrogen-bond acceptors (Lipinski definition) is 6. The number of pyridine rings is 1. The third-order valence-electron chi connectivity index (χ3n) is 9.96. The second-order valence-electron chi connectivity index (χ2n) is 12.8. The third kappa shape index (κ3) is 6.52. The van der Waals surface area contributed by atoms with Gasteiger partial charge in [-0.3, -0.25) is 4.90 Å². The number of halogens is 1. The highest BCUT2D eigenvalue weighted by Crippen LogP contribution is 2.35. The normalized spacial score (nSPS) is 20.5. The van der Waals surface area contributed by atoms with E-state index in [1.807, 2.05) is 24.3 Å². The molecule has 238 valence electrons. The van der Waals surface area contributed by atoms with Crippen LogP contribution in [0.4, 0.5) is 11.4 Å². The standard InChI is InChI=1S/C39H44ClN5O/c1-28(18-19-41-39-33-16-14-31(40)26-36(33)42-35-17-15-32(46-2)27-34(35)39)44-24-22-43(23-25-44)20-7-21-45-37-10-5-3-8-29(37)12-13-30-9-4-6-11-38(30)45/h3-6,8-17,26-29,37H,7,18-25H2,1-2H3,(H,41,42). The van der Waals surface area contributed by atoms with Crippen LogP contribution < -0.4 is 15.0 Å². The molecule has 46 heavy (non-hydrogen) atoms. The lowest BCUT2D eigenvalue weighted by atomic mass is 9.94. The van der Waals surface area contributed by atoms with Crippen molar-refractivity contribution in [2.75, 3.05) is 63.1 Å². The van der Waals surface area contributed by atoms with Crippen molar-refractivity contribution in [3.05, 3.63) is 102 Å². The van der Waals surface area contributed by atoms with Gasteiger partial charge in [0.2, 0.25) is 0 Å². The number of methoxy groups -OCH3 is 1. The second-order valence-corrected chi connectivity index (χ2v) is 13.2. The first-order valence-corrected chi connectivity index (χ1v) is 17.1. The SMILES string of the molecule is COc1ccc2nc3cc(Cl)ccc3c(NCCC(C)N3CCN(CCCN4c5ccccc5C=CC5C=CC=CC54)CC3)c2c1. The van der Waals surface area contributed by atoms with Gasteiger partial charge >= 0.3 is 0 Å². The topological polar surface area (TPSA) is 43.9 Å². The minimum Gasteiger partial charge on any atom is -0.497 e. The molecule has 3 aliphatic rings. The maximum Gasteiger partial charge on any atom is 0.119 e. The van der Waals surface area contributed by atoms with Gasteiger partial charge in [-0.15, -0.1) is 0 Å². The minimum atomic E-state index is 0.388. The maximum absolute atomic E-state index is 6.33. The molecule has 4 aromatic rings. The van der Waals surface area contributed by atoms with Crippen LogP contribution in [0.15, 0.2) is 91.0 Å². The van der Waals surface area contributed by atoms with E-state index in [9.17, 15) is 0 Å². The summed E-state index contributed by atoms with van der Waals surface area (Å²) in [6, 6.07) is 21.8. The number of benzene rings is 3. The van der Waals surface area contributed by atoms with Crippen molar-refractivity contribution in [1.29, 1.82) is 0 Å². The van der Waals surface area contributed by atoms with Gasteiger partial charge in [-0.25, -0.2) is 4.98 Å². The van der Waals surface area contributed by atoms with Crippen LogP contribution in [0.25, 0.3) is 27.9 Å². The number of fused-ring (bicyclic) bond motifs is 4. The van der Waals surface area contributed by atoms with Crippen molar-refractivity contribution in [3.8, 4) is 5.75 Å². The van der Waals surface area contributed by atoms with Gasteiger partial charge in [-0.1, -0.05) is 66.3 Å². The molecule has 1 aliphatic carbocycles. The fraction of sp³-hybridized carbons (Fsp3) is 0.359. The van der Waals surface area contributed by atoms with Gasteiger partial charge in [0, 0.05) is 72.7 Å². The lowest BCUT2D eigenvalue weighted by Crippen LogP contribution is -2.50. The molecule has 0 saturated carbocycles. The smallest absolute Gasteiger partial charge is 0.119 e. The van der Waals surface area contributed by atoms with Crippen LogP contribution in [0.2, 0.25) is 5.02 Å². The zero-order valence-corrected chi connectivity index (χ0v) is 27.7. The quantitative estimate of drug-likeness (QED) is 0.179. The van der Waals surface area contributed by atoms with Crippen LogP contribution in [0.3, 0.4) is 0 Å². The highest BCUT2D eigenvalue weighted by atomic mass is 35.5. The van der Waals surface area contributed by atoms with E-state index in [0.29, 0.717) is 23.0 Å². The molecule has 1 saturated heterocycles. The van der Waals surface area contributed by atoms with Gasteiger partial charge in [0.25, 0.3) is 0 Å². The van der Waals surface area contributed by atoms with Gasteiger partial charge in [0.15, 0.2) is 0 Å². The van der Waals surface area contributed by atoms with E-state index >= 15 is 0 Å². The summed E-state index contributed by atoms with van der Waals surface area (Å²) in [4.78, 5) is 12.8. The van der Waals surface area contributed by atoms with Crippen molar-refractivity contribution in [3.63, 3.8) is 0 Å². The monoisotopic (exact) mass is 633 g/mol. The molecule has 0 bridgehead atoms. The number of para-hydroxylation sites is 1. The lowest BCUT2D eigenvalue weighted by molar-refractivity contribution is 0.0996. The molecule has 1 fully saturated rings. The first kappa shape index (κ1) is 30.8. The van der Waals surface area contributed by atoms with Gasteiger partial charge in [0.1, 0.15) is 5.75 Å². The molecule has 0 spiro atoms. The molecule has 7 heteroatoms. The Bertz CT molecular complexity index is 1780. The summed E-state index contributed by atoms with van der Waals surface area (Å²) in [5.74, 6) is 1.26. The van der Waals surface area contributed by atoms with Crippen LogP contribution in [0.1, 0.15) is 25.3 Å². The summed E-state index contributed by atoms with van der Waals surface area (Å²) in [5.41, 5.74) is 5.62. The second kappa shape index (κ2) is 13.9. The molecular formula is C39H44ClN5O. The highest BCUT2D eigenvalue weighted by molar-refractivity contribution is 6.31. The molecule has 3 heterocycles. The van der Waals surface area contributed by atoms with E-state index in [1.54, 1.807) is 7.11 Å². The van der Waals surface area contributed by atoms with Gasteiger partial charge in [-0.2, -0.15) is 0 Å². The summed E-state index contributed by atoms with van der Waals surface area (Å²) in [6.07, 6.45) is 16.0. The third-order valence-corrected chi connectivity index (χ3v) is 10.2. The number of aromatic nitrogens is 1. The molecule has 1 N–H and O–H groups in total. The first-order valence-electron chi connectivity index (χ1n) is 16.7. The highest BCUT2D eigenvalue weighted by Gasteiger charge is 2.28. The number of nitrogens with zero attached hydrogens (tertiary/aromatic N) is 4. The van der Waals surface area contributed by atoms with Crippen LogP contribution in [0.5, 0.6) is 5.75 Å². The zero-order valence-electron chi connectivity index (χ0n) is 26.9. The lowest BCUT2D eigenvalue weighted by Gasteiger charge is -2.39. The van der Waals surface area contributed by atoms with E-state index in [0.717, 1.165) is 85.5 Å². The predicted octanol–water partition coefficient (Wildman–Crippen LogP) is 7.89. The predicted molar refractivity (Wildman–Crippen MR) is 194 cm³/mol. The van der Waals surface area contributed by atoms with Crippen molar-refractivity contribution in [2.24, 2.45) is 5.92 Å². The summed E-state index contributed by atoms with van der Waals surface area (Å²) in [5, 5.41) is 6.63. The van der Waals surface area contributed by atoms with Crippen molar-refractivity contribution in [1.82, 2.24) is 14.8 Å². The minimum absolute atomic E-state index is 0.388. The van der Waals surface area contributed by atoms with E-state index in [1.165, 1.54) is 17.7 Å². The number of anilines is 2. The molecule has 3 aromatic carbocycles. The van der Waals surface area contributed by atoms with E-state index in [2.05, 4.69) is 99.8 Å². The van der Waals surface area contributed by atoms with Crippen LogP contribution in [-0.4, -0.2) is 79.8 Å². The van der Waals surface area contributed by atoms with Crippen molar-refractivity contribution >= 4 is 50.9 Å². The fourth-order valence-corrected chi connectivity index (χ4v) is 7.50. The van der Waals surface area contributed by atoms with E-state index in [4.69, 9.17) is 21.3 Å². The number of piperazine rings is 1. The van der Waals surface area contributed by atoms with E-state index in [-0.39, 0.29) is 0 Å². The Morgan fingerprint density at radius 3 is 2.63 bits per heavy atom. The first-order chi connectivity index (χ1) is 22.6. The zero-order chi connectivity index (χ0) is 31.5. The Morgan fingerprint density at radius 1 is 0.913 bits per heavy atom. The summed E-state index contributed by atoms with van der Waals surface area (Å²) in [7, 11) is 1.71. The Morgan fingerprint density at radius 2 is 1.76 bits per heavy atom. The van der Waals surface area contributed by atoms with Gasteiger partial charge in [-0.05, 0) is 74.3 Å². The van der Waals surface area contributed by atoms with Gasteiger partial charge in [0.05, 0.1) is 29.9 Å². The number of allylic oxidation sites excluding steroid dienone is 2. The number of ether oxygens (including phenoxy) is 1. The molecule has 0 radical (unpaired) electrons. The molecular weight excluding hydrogens is 590 g/mol. The van der Waals surface area contributed by atoms with Gasteiger partial charge < -0.3 is 19.9 Å². The average Bonchev–Trinajstić information content (AvgIpc) is 3.25. The molecule has 3 atom stereocenters. The van der Waals surface area contributed by atoms with Crippen molar-refractivity contribution in [2.45, 2.75) is 31.8 Å². The van der Waals surface area contributed by atoms with E-state index < -0.39 is 0 Å². The van der Waals surface area contributed by atoms with Crippen LogP contribution >= 0.6 is 11.6 Å².